The van der Waals surface area contributed by atoms with Gasteiger partial charge in [0.05, 0.1) is 6.61 Å². The molecular formula is C29H40O. The molecule has 0 N–H and O–H groups in total. The zero-order valence-corrected chi connectivity index (χ0v) is 19.0. The molecule has 0 spiro atoms. The Hall–Kier alpha value is -1.86. The van der Waals surface area contributed by atoms with Gasteiger partial charge in [0, 0.05) is 6.61 Å². The van der Waals surface area contributed by atoms with E-state index in [1.165, 1.54) is 86.5 Å². The standard InChI is InChI=1S/C29H40O/c1-3-5-6-7-8-9-24-10-14-26(15-11-24)28-18-20-29(21-19-28)27-16-12-25(13-17-27)23-30-22-4-2/h4,10-11,14-15,18-21,25,27H,2-3,5-9,12-13,16-17,22-23H2,1H3/t25-,27-. The van der Waals surface area contributed by atoms with Crippen molar-refractivity contribution in [2.75, 3.05) is 13.2 Å². The van der Waals surface area contributed by atoms with Gasteiger partial charge in [0.1, 0.15) is 0 Å². The second kappa shape index (κ2) is 12.7. The van der Waals surface area contributed by atoms with E-state index in [0.717, 1.165) is 12.5 Å². The van der Waals surface area contributed by atoms with E-state index in [2.05, 4.69) is 62.0 Å². The normalized spacial score (nSPS) is 19.0. The molecule has 3 rings (SSSR count). The van der Waals surface area contributed by atoms with Crippen LogP contribution in [0, 0.1) is 5.92 Å². The SMILES string of the molecule is C=CCOC[C@H]1CC[C@H](c2ccc(-c3ccc(CCCCCCC)cc3)cc2)CC1. The van der Waals surface area contributed by atoms with Gasteiger partial charge in [0.15, 0.2) is 0 Å². The van der Waals surface area contributed by atoms with E-state index < -0.39 is 0 Å². The summed E-state index contributed by atoms with van der Waals surface area (Å²) in [7, 11) is 0. The zero-order valence-electron chi connectivity index (χ0n) is 19.0. The van der Waals surface area contributed by atoms with Crippen LogP contribution in [0.3, 0.4) is 0 Å². The van der Waals surface area contributed by atoms with Crippen LogP contribution in [0.1, 0.15) is 81.8 Å². The van der Waals surface area contributed by atoms with Crippen LogP contribution in [-0.4, -0.2) is 13.2 Å². The largest absolute Gasteiger partial charge is 0.377 e. The fourth-order valence-corrected chi connectivity index (χ4v) is 4.72. The van der Waals surface area contributed by atoms with Gasteiger partial charge in [-0.15, -0.1) is 6.58 Å². The first-order valence-electron chi connectivity index (χ1n) is 12.2. The lowest BCUT2D eigenvalue weighted by Crippen LogP contribution is -2.18. The van der Waals surface area contributed by atoms with Crippen molar-refractivity contribution in [3.05, 3.63) is 72.3 Å². The minimum absolute atomic E-state index is 0.682. The number of hydrogen-bond donors (Lipinski definition) is 0. The molecule has 1 aliphatic rings. The van der Waals surface area contributed by atoms with Crippen molar-refractivity contribution >= 4 is 0 Å². The monoisotopic (exact) mass is 404 g/mol. The Labute approximate surface area is 184 Å². The number of hydrogen-bond acceptors (Lipinski definition) is 1. The smallest absolute Gasteiger partial charge is 0.0644 e. The topological polar surface area (TPSA) is 9.23 Å². The second-order valence-electron chi connectivity index (χ2n) is 9.03. The highest BCUT2D eigenvalue weighted by Gasteiger charge is 2.22. The zero-order chi connectivity index (χ0) is 21.0. The summed E-state index contributed by atoms with van der Waals surface area (Å²) in [5.41, 5.74) is 5.65. The molecule has 2 aromatic rings. The first-order chi connectivity index (χ1) is 14.8. The molecule has 1 fully saturated rings. The molecule has 1 aliphatic carbocycles. The van der Waals surface area contributed by atoms with Crippen molar-refractivity contribution in [1.82, 2.24) is 0 Å². The van der Waals surface area contributed by atoms with Gasteiger partial charge in [-0.25, -0.2) is 0 Å². The van der Waals surface area contributed by atoms with Gasteiger partial charge in [-0.3, -0.25) is 0 Å². The molecular weight excluding hydrogens is 364 g/mol. The molecule has 30 heavy (non-hydrogen) atoms. The van der Waals surface area contributed by atoms with E-state index in [4.69, 9.17) is 4.74 Å². The van der Waals surface area contributed by atoms with E-state index >= 15 is 0 Å². The molecule has 1 saturated carbocycles. The van der Waals surface area contributed by atoms with E-state index in [0.29, 0.717) is 12.5 Å². The van der Waals surface area contributed by atoms with E-state index in [1.54, 1.807) is 0 Å². The maximum atomic E-state index is 5.66. The van der Waals surface area contributed by atoms with Crippen LogP contribution in [0.2, 0.25) is 0 Å². The summed E-state index contributed by atoms with van der Waals surface area (Å²) in [5.74, 6) is 1.44. The van der Waals surface area contributed by atoms with Crippen molar-refractivity contribution in [2.45, 2.75) is 77.0 Å². The van der Waals surface area contributed by atoms with Crippen LogP contribution in [0.25, 0.3) is 11.1 Å². The fraction of sp³-hybridized carbons (Fsp3) is 0.517. The van der Waals surface area contributed by atoms with Crippen molar-refractivity contribution < 1.29 is 4.74 Å². The molecule has 1 heteroatoms. The summed E-state index contributed by atoms with van der Waals surface area (Å²) in [6.07, 6.45) is 14.9. The van der Waals surface area contributed by atoms with Gasteiger partial charge in [-0.05, 0) is 72.6 Å². The van der Waals surface area contributed by atoms with Crippen molar-refractivity contribution in [1.29, 1.82) is 0 Å². The molecule has 0 atom stereocenters. The molecule has 0 unspecified atom stereocenters. The maximum absolute atomic E-state index is 5.66. The first-order valence-corrected chi connectivity index (χ1v) is 12.2. The summed E-state index contributed by atoms with van der Waals surface area (Å²) < 4.78 is 5.66. The third kappa shape index (κ3) is 7.13. The Balaban J connectivity index is 1.47. The van der Waals surface area contributed by atoms with Crippen molar-refractivity contribution in [3.8, 4) is 11.1 Å². The van der Waals surface area contributed by atoms with Gasteiger partial charge in [0.25, 0.3) is 0 Å². The Bertz CT molecular complexity index is 720. The highest BCUT2D eigenvalue weighted by atomic mass is 16.5. The number of benzene rings is 2. The van der Waals surface area contributed by atoms with Crippen molar-refractivity contribution in [3.63, 3.8) is 0 Å². The molecule has 0 bridgehead atoms. The van der Waals surface area contributed by atoms with Gasteiger partial charge in [0.2, 0.25) is 0 Å². The Morgan fingerprint density at radius 3 is 2.10 bits per heavy atom. The summed E-state index contributed by atoms with van der Waals surface area (Å²) in [6.45, 7) is 7.58. The molecule has 0 aliphatic heterocycles. The lowest BCUT2D eigenvalue weighted by molar-refractivity contribution is 0.102. The van der Waals surface area contributed by atoms with Crippen LogP contribution in [0.5, 0.6) is 0 Å². The Morgan fingerprint density at radius 1 is 0.833 bits per heavy atom. The molecule has 1 nitrogen and oxygen atoms in total. The lowest BCUT2D eigenvalue weighted by Gasteiger charge is -2.28. The lowest BCUT2D eigenvalue weighted by atomic mass is 9.79. The number of rotatable bonds is 12. The minimum atomic E-state index is 0.682. The predicted molar refractivity (Wildman–Crippen MR) is 130 cm³/mol. The third-order valence-corrected chi connectivity index (χ3v) is 6.67. The molecule has 0 amide bonds. The van der Waals surface area contributed by atoms with E-state index in [-0.39, 0.29) is 0 Å². The third-order valence-electron chi connectivity index (χ3n) is 6.67. The summed E-state index contributed by atoms with van der Waals surface area (Å²) >= 11 is 0. The summed E-state index contributed by atoms with van der Waals surface area (Å²) in [4.78, 5) is 0. The average molecular weight is 405 g/mol. The first kappa shape index (κ1) is 22.8. The molecule has 0 saturated heterocycles. The highest BCUT2D eigenvalue weighted by molar-refractivity contribution is 5.64. The molecule has 0 heterocycles. The maximum Gasteiger partial charge on any atom is 0.0644 e. The minimum Gasteiger partial charge on any atom is -0.377 e. The van der Waals surface area contributed by atoms with Crippen LogP contribution in [0.15, 0.2) is 61.2 Å². The summed E-state index contributed by atoms with van der Waals surface area (Å²) in [6, 6.07) is 18.6. The molecule has 162 valence electrons. The number of ether oxygens (including phenoxy) is 1. The molecule has 2 aromatic carbocycles. The molecule has 0 radical (unpaired) electrons. The highest BCUT2D eigenvalue weighted by Crippen LogP contribution is 2.36. The quantitative estimate of drug-likeness (QED) is 0.255. The van der Waals surface area contributed by atoms with E-state index in [1.807, 2.05) is 6.08 Å². The van der Waals surface area contributed by atoms with Gasteiger partial charge in [-0.1, -0.05) is 87.2 Å². The molecule has 0 aromatic heterocycles. The van der Waals surface area contributed by atoms with Gasteiger partial charge in [-0.2, -0.15) is 0 Å². The Kier molecular flexibility index (Phi) is 9.70. The predicted octanol–water partition coefficient (Wildman–Crippen LogP) is 8.34. The second-order valence-corrected chi connectivity index (χ2v) is 9.03. The van der Waals surface area contributed by atoms with Crippen LogP contribution < -0.4 is 0 Å². The summed E-state index contributed by atoms with van der Waals surface area (Å²) in [5, 5.41) is 0. The van der Waals surface area contributed by atoms with Crippen molar-refractivity contribution in [2.24, 2.45) is 5.92 Å². The number of unbranched alkanes of at least 4 members (excludes halogenated alkanes) is 4. The Morgan fingerprint density at radius 2 is 1.47 bits per heavy atom. The van der Waals surface area contributed by atoms with Crippen LogP contribution in [0.4, 0.5) is 0 Å². The van der Waals surface area contributed by atoms with E-state index in [9.17, 15) is 0 Å². The van der Waals surface area contributed by atoms with Crippen LogP contribution >= 0.6 is 0 Å². The van der Waals surface area contributed by atoms with Gasteiger partial charge >= 0.3 is 0 Å². The number of aryl methyl sites for hydroxylation is 1. The fourth-order valence-electron chi connectivity index (χ4n) is 4.72. The van der Waals surface area contributed by atoms with Gasteiger partial charge < -0.3 is 4.74 Å². The average Bonchev–Trinajstić information content (AvgIpc) is 2.80. The van der Waals surface area contributed by atoms with Crippen LogP contribution in [-0.2, 0) is 11.2 Å².